The summed E-state index contributed by atoms with van der Waals surface area (Å²) in [6.45, 7) is 5.54. The number of nitrogens with zero attached hydrogens (tertiary/aromatic N) is 6. The van der Waals surface area contributed by atoms with Crippen LogP contribution in [0.15, 0.2) is 48.8 Å². The molecule has 0 radical (unpaired) electrons. The Kier molecular flexibility index (Phi) is 7.02. The highest BCUT2D eigenvalue weighted by atomic mass is 16.5. The monoisotopic (exact) mass is 539 g/mol. The lowest BCUT2D eigenvalue weighted by molar-refractivity contribution is -0.138. The average molecular weight is 540 g/mol. The number of morpholine rings is 1. The number of carbonyl (C=O) groups is 1. The zero-order valence-electron chi connectivity index (χ0n) is 22.1. The van der Waals surface area contributed by atoms with Gasteiger partial charge in [-0.25, -0.2) is 15.0 Å². The number of fused-ring (bicyclic) bond motifs is 1. The molecule has 2 atom stereocenters. The van der Waals surface area contributed by atoms with E-state index in [0.29, 0.717) is 59.1 Å². The van der Waals surface area contributed by atoms with Gasteiger partial charge in [0.2, 0.25) is 0 Å². The number of nitriles is 1. The third-order valence-electron chi connectivity index (χ3n) is 7.28. The fraction of sp³-hybridized carbons (Fsp3) is 0.345. The fourth-order valence-corrected chi connectivity index (χ4v) is 5.16. The summed E-state index contributed by atoms with van der Waals surface area (Å²) in [5.74, 6) is 0.806. The van der Waals surface area contributed by atoms with Gasteiger partial charge in [-0.15, -0.1) is 0 Å². The maximum absolute atomic E-state index is 12.1. The highest BCUT2D eigenvalue weighted by Crippen LogP contribution is 2.32. The van der Waals surface area contributed by atoms with Crippen LogP contribution in [0.2, 0.25) is 0 Å². The van der Waals surface area contributed by atoms with Gasteiger partial charge in [0.15, 0.2) is 5.65 Å². The van der Waals surface area contributed by atoms with Crippen molar-refractivity contribution < 1.29 is 19.4 Å². The molecule has 204 valence electrons. The van der Waals surface area contributed by atoms with Crippen LogP contribution in [0.5, 0.6) is 5.75 Å². The van der Waals surface area contributed by atoms with Crippen molar-refractivity contribution in [3.8, 4) is 34.5 Å². The summed E-state index contributed by atoms with van der Waals surface area (Å²) in [7, 11) is 0. The van der Waals surface area contributed by atoms with Crippen LogP contribution >= 0.6 is 0 Å². The second kappa shape index (κ2) is 10.9. The van der Waals surface area contributed by atoms with Crippen molar-refractivity contribution in [3.63, 3.8) is 0 Å². The van der Waals surface area contributed by atoms with Crippen LogP contribution in [0.3, 0.4) is 0 Å². The number of imidazole rings is 1. The molecule has 11 nitrogen and oxygen atoms in total. The van der Waals surface area contributed by atoms with Crippen LogP contribution in [0.1, 0.15) is 18.9 Å². The Balaban J connectivity index is 1.23. The van der Waals surface area contributed by atoms with Gasteiger partial charge >= 0.3 is 0 Å². The van der Waals surface area contributed by atoms with Crippen LogP contribution in [0.4, 0.5) is 5.69 Å². The van der Waals surface area contributed by atoms with Gasteiger partial charge in [0, 0.05) is 42.9 Å². The molecular formula is C29H29N7O4. The normalized spacial score (nSPS) is 18.1. The lowest BCUT2D eigenvalue weighted by Crippen LogP contribution is -2.37. The molecule has 2 aromatic heterocycles. The smallest absolute Gasteiger partial charge is 0.251 e. The second-order valence-electron chi connectivity index (χ2n) is 9.96. The van der Waals surface area contributed by atoms with Crippen molar-refractivity contribution in [1.82, 2.24) is 24.8 Å². The van der Waals surface area contributed by atoms with Gasteiger partial charge in [-0.2, -0.15) is 5.26 Å². The van der Waals surface area contributed by atoms with Gasteiger partial charge in [0.1, 0.15) is 47.4 Å². The predicted octanol–water partition coefficient (Wildman–Crippen LogP) is 2.76. The fourth-order valence-electron chi connectivity index (χ4n) is 5.16. The number of aromatic nitrogens is 4. The molecule has 0 aliphatic carbocycles. The number of aliphatic hydroxyl groups excluding tert-OH is 1. The minimum Gasteiger partial charge on any atom is -0.487 e. The molecule has 1 unspecified atom stereocenters. The van der Waals surface area contributed by atoms with Crippen LogP contribution in [-0.4, -0.2) is 87.5 Å². The van der Waals surface area contributed by atoms with E-state index in [2.05, 4.69) is 38.1 Å². The van der Waals surface area contributed by atoms with Gasteiger partial charge in [-0.3, -0.25) is 4.79 Å². The third-order valence-corrected chi connectivity index (χ3v) is 7.28. The summed E-state index contributed by atoms with van der Waals surface area (Å²) in [5.41, 5.74) is 4.97. The van der Waals surface area contributed by atoms with Crippen molar-refractivity contribution in [1.29, 1.82) is 5.26 Å². The standard InChI is InChI=1S/C29H29N7O4/c1-18(37)29(38)36-9-8-23(16-36)40-24-7-4-20(14-21(24)15-30)25-26-28(32-17-31-25)34-27(33-26)19-2-5-22(6-3-19)35-10-12-39-13-11-35/h2-7,14,17-18,23,37H,8-13,16H2,1H3,(H,31,32,33,34)/t18-,23?/m1/s1. The first-order valence-corrected chi connectivity index (χ1v) is 13.3. The summed E-state index contributed by atoms with van der Waals surface area (Å²) in [6.07, 6.45) is 0.801. The van der Waals surface area contributed by atoms with Crippen LogP contribution < -0.4 is 9.64 Å². The molecule has 4 aromatic rings. The number of hydrogen-bond acceptors (Lipinski definition) is 9. The van der Waals surface area contributed by atoms with Crippen molar-refractivity contribution in [2.75, 3.05) is 44.3 Å². The number of likely N-dealkylation sites (tertiary alicyclic amines) is 1. The maximum Gasteiger partial charge on any atom is 0.251 e. The summed E-state index contributed by atoms with van der Waals surface area (Å²) in [4.78, 5) is 32.9. The number of ether oxygens (including phenoxy) is 2. The molecule has 40 heavy (non-hydrogen) atoms. The highest BCUT2D eigenvalue weighted by Gasteiger charge is 2.30. The number of rotatable bonds is 6. The number of aromatic amines is 1. The van der Waals surface area contributed by atoms with E-state index in [0.717, 1.165) is 37.6 Å². The molecule has 4 heterocycles. The number of benzene rings is 2. The molecule has 11 heteroatoms. The Morgan fingerprint density at radius 3 is 2.67 bits per heavy atom. The molecule has 2 aliphatic heterocycles. The van der Waals surface area contributed by atoms with Gasteiger partial charge in [-0.05, 0) is 49.4 Å². The van der Waals surface area contributed by atoms with Crippen molar-refractivity contribution in [3.05, 3.63) is 54.4 Å². The van der Waals surface area contributed by atoms with E-state index >= 15 is 0 Å². The van der Waals surface area contributed by atoms with Gasteiger partial charge in [-0.1, -0.05) is 0 Å². The number of H-pyrrole nitrogens is 1. The molecule has 6 rings (SSSR count). The Morgan fingerprint density at radius 2 is 1.93 bits per heavy atom. The first-order valence-electron chi connectivity index (χ1n) is 13.3. The Morgan fingerprint density at radius 1 is 1.15 bits per heavy atom. The van der Waals surface area contributed by atoms with E-state index in [1.807, 2.05) is 18.2 Å². The number of aliphatic hydroxyl groups is 1. The number of anilines is 1. The summed E-state index contributed by atoms with van der Waals surface area (Å²) in [6, 6.07) is 15.8. The highest BCUT2D eigenvalue weighted by molar-refractivity contribution is 5.89. The molecular weight excluding hydrogens is 510 g/mol. The molecule has 2 N–H and O–H groups in total. The lowest BCUT2D eigenvalue weighted by atomic mass is 10.1. The third kappa shape index (κ3) is 5.06. The van der Waals surface area contributed by atoms with Gasteiger partial charge in [0.25, 0.3) is 5.91 Å². The first-order chi connectivity index (χ1) is 19.5. The predicted molar refractivity (Wildman–Crippen MR) is 148 cm³/mol. The van der Waals surface area contributed by atoms with Crippen molar-refractivity contribution in [2.45, 2.75) is 25.6 Å². The summed E-state index contributed by atoms with van der Waals surface area (Å²) in [5, 5.41) is 19.4. The minimum absolute atomic E-state index is 0.255. The van der Waals surface area contributed by atoms with E-state index < -0.39 is 6.10 Å². The Bertz CT molecular complexity index is 1570. The molecule has 2 saturated heterocycles. The Hall–Kier alpha value is -4.53. The molecule has 0 saturated carbocycles. The number of nitrogens with one attached hydrogen (secondary N) is 1. The second-order valence-corrected chi connectivity index (χ2v) is 9.96. The molecule has 0 spiro atoms. The van der Waals surface area contributed by atoms with E-state index in [1.165, 1.54) is 13.3 Å². The van der Waals surface area contributed by atoms with Crippen LogP contribution in [-0.2, 0) is 9.53 Å². The summed E-state index contributed by atoms with van der Waals surface area (Å²) >= 11 is 0. The van der Waals surface area contributed by atoms with E-state index in [4.69, 9.17) is 14.5 Å². The summed E-state index contributed by atoms with van der Waals surface area (Å²) < 4.78 is 11.5. The van der Waals surface area contributed by atoms with E-state index in [9.17, 15) is 15.2 Å². The van der Waals surface area contributed by atoms with E-state index in [1.54, 1.807) is 17.0 Å². The number of hydrogen-bond donors (Lipinski definition) is 2. The first kappa shape index (κ1) is 25.7. The SMILES string of the molecule is C[C@@H](O)C(=O)N1CCC(Oc2ccc(-c3ncnc4[nH]c(-c5ccc(N6CCOCC6)cc5)nc34)cc2C#N)C1. The molecule has 2 aliphatic rings. The number of amides is 1. The largest absolute Gasteiger partial charge is 0.487 e. The van der Waals surface area contributed by atoms with Crippen molar-refractivity contribution in [2.24, 2.45) is 0 Å². The lowest BCUT2D eigenvalue weighted by Gasteiger charge is -2.28. The van der Waals surface area contributed by atoms with E-state index in [-0.39, 0.29) is 12.0 Å². The zero-order chi connectivity index (χ0) is 27.6. The quantitative estimate of drug-likeness (QED) is 0.378. The zero-order valence-corrected chi connectivity index (χ0v) is 22.1. The van der Waals surface area contributed by atoms with Crippen LogP contribution in [0.25, 0.3) is 33.8 Å². The molecule has 2 aromatic carbocycles. The molecule has 2 fully saturated rings. The maximum atomic E-state index is 12.1. The molecule has 0 bridgehead atoms. The Labute approximate surface area is 231 Å². The topological polar surface area (TPSA) is 140 Å². The van der Waals surface area contributed by atoms with Gasteiger partial charge < -0.3 is 29.4 Å². The van der Waals surface area contributed by atoms with Crippen LogP contribution in [0, 0.1) is 11.3 Å². The van der Waals surface area contributed by atoms with Crippen molar-refractivity contribution >= 4 is 22.8 Å². The molecule has 1 amide bonds. The van der Waals surface area contributed by atoms with Gasteiger partial charge in [0.05, 0.1) is 25.3 Å². The number of carbonyl (C=O) groups excluding carboxylic acids is 1. The minimum atomic E-state index is -1.05. The average Bonchev–Trinajstić information content (AvgIpc) is 3.65.